The van der Waals surface area contributed by atoms with Crippen LogP contribution >= 0.6 is 11.3 Å². The number of rotatable bonds is 8. The van der Waals surface area contributed by atoms with Crippen LogP contribution in [0.25, 0.3) is 22.2 Å². The van der Waals surface area contributed by atoms with Crippen LogP contribution in [0.3, 0.4) is 0 Å². The summed E-state index contributed by atoms with van der Waals surface area (Å²) < 4.78 is 5.44. The van der Waals surface area contributed by atoms with Crippen molar-refractivity contribution in [1.29, 1.82) is 0 Å². The van der Waals surface area contributed by atoms with Crippen molar-refractivity contribution in [3.05, 3.63) is 39.8 Å². The Hall–Kier alpha value is -3.32. The Morgan fingerprint density at radius 1 is 1.11 bits per heavy atom. The Morgan fingerprint density at radius 2 is 1.74 bits per heavy atom. The quantitative estimate of drug-likeness (QED) is 0.189. The van der Waals surface area contributed by atoms with Gasteiger partial charge in [0.2, 0.25) is 0 Å². The third kappa shape index (κ3) is 13.7. The van der Waals surface area contributed by atoms with Crippen molar-refractivity contribution >= 4 is 41.0 Å². The zero-order valence-corrected chi connectivity index (χ0v) is 31.2. The number of aryl methyl sites for hydroxylation is 1. The van der Waals surface area contributed by atoms with Gasteiger partial charge in [-0.3, -0.25) is 9.80 Å². The van der Waals surface area contributed by atoms with E-state index in [1.165, 1.54) is 16.9 Å². The van der Waals surface area contributed by atoms with E-state index in [0.29, 0.717) is 6.54 Å². The molecule has 1 aliphatic rings. The number of carbonyl (C=O) groups excluding carboxylic acids is 3. The number of amides is 2. The molecule has 47 heavy (non-hydrogen) atoms. The summed E-state index contributed by atoms with van der Waals surface area (Å²) in [5.74, 6) is -0.197. The van der Waals surface area contributed by atoms with E-state index in [1.54, 1.807) is 25.8 Å². The molecular weight excluding hydrogens is 618 g/mol. The first-order valence-corrected chi connectivity index (χ1v) is 17.2. The van der Waals surface area contributed by atoms with Crippen molar-refractivity contribution in [3.8, 4) is 11.3 Å². The number of ether oxygens (including phenoxy) is 1. The van der Waals surface area contributed by atoms with Gasteiger partial charge in [-0.1, -0.05) is 47.6 Å². The molecule has 4 rings (SSSR count). The smallest absolute Gasteiger partial charge is 0.408 e. The number of alkyl carbamates (subject to hydrolysis) is 1. The highest BCUT2D eigenvalue weighted by Gasteiger charge is 2.30. The number of aromatic amines is 1. The first-order chi connectivity index (χ1) is 22.3. The van der Waals surface area contributed by atoms with Gasteiger partial charge in [0.05, 0.1) is 10.7 Å². The second-order valence-electron chi connectivity index (χ2n) is 12.1. The Labute approximate surface area is 285 Å². The molecule has 11 nitrogen and oxygen atoms in total. The van der Waals surface area contributed by atoms with E-state index in [1.807, 2.05) is 45.9 Å². The fraction of sp³-hybridized carbons (Fsp3) is 0.600. The zero-order chi connectivity index (χ0) is 36.4. The molecule has 0 spiro atoms. The minimum atomic E-state index is -0.799. The fourth-order valence-electron chi connectivity index (χ4n) is 4.73. The molecule has 0 saturated carbocycles. The molecule has 1 unspecified atom stereocenters. The number of hydrazine groups is 1. The predicted octanol–water partition coefficient (Wildman–Crippen LogP) is 6.20. The van der Waals surface area contributed by atoms with Crippen molar-refractivity contribution in [2.75, 3.05) is 26.8 Å². The Kier molecular flexibility index (Phi) is 20.0. The van der Waals surface area contributed by atoms with Crippen LogP contribution < -0.4 is 10.7 Å². The highest BCUT2D eigenvalue weighted by Crippen LogP contribution is 2.33. The van der Waals surface area contributed by atoms with E-state index in [0.717, 1.165) is 65.8 Å². The van der Waals surface area contributed by atoms with Crippen LogP contribution in [0, 0.1) is 12.3 Å². The molecular formula is C35H59N5O6S. The number of benzene rings is 1. The minimum Gasteiger partial charge on any atom is -0.444 e. The molecule has 0 radical (unpaired) electrons. The molecule has 5 N–H and O–H groups in total. The summed E-state index contributed by atoms with van der Waals surface area (Å²) in [6, 6.07) is 5.44. The molecule has 1 fully saturated rings. The number of hydrogen-bond acceptors (Lipinski definition) is 9. The van der Waals surface area contributed by atoms with Crippen molar-refractivity contribution in [2.24, 2.45) is 5.41 Å². The topological polar surface area (TPSA) is 157 Å². The molecule has 2 aromatic heterocycles. The summed E-state index contributed by atoms with van der Waals surface area (Å²) in [6.45, 7) is 23.0. The molecule has 266 valence electrons. The maximum absolute atomic E-state index is 13.4. The molecule has 1 atom stereocenters. The first-order valence-electron chi connectivity index (χ1n) is 16.3. The number of nitrogens with one attached hydrogen (secondary N) is 3. The number of aliphatic hydroxyl groups excluding tert-OH is 2. The second kappa shape index (κ2) is 21.5. The molecule has 3 aromatic rings. The summed E-state index contributed by atoms with van der Waals surface area (Å²) in [5, 5.41) is 25.0. The maximum Gasteiger partial charge on any atom is 0.408 e. The van der Waals surface area contributed by atoms with E-state index < -0.39 is 17.7 Å². The summed E-state index contributed by atoms with van der Waals surface area (Å²) in [5.41, 5.74) is 7.39. The predicted molar refractivity (Wildman–Crippen MR) is 192 cm³/mol. The molecule has 0 bridgehead atoms. The monoisotopic (exact) mass is 677 g/mol. The molecule has 3 heterocycles. The van der Waals surface area contributed by atoms with Gasteiger partial charge >= 0.3 is 6.09 Å². The van der Waals surface area contributed by atoms with Crippen LogP contribution in [0.1, 0.15) is 91.4 Å². The lowest BCUT2D eigenvalue weighted by atomic mass is 9.85. The number of carbonyl (C=O) groups is 3. The van der Waals surface area contributed by atoms with Crippen LogP contribution in [0.15, 0.2) is 23.6 Å². The van der Waals surface area contributed by atoms with Gasteiger partial charge in [0, 0.05) is 60.8 Å². The second-order valence-corrected chi connectivity index (χ2v) is 13.1. The average molecular weight is 678 g/mol. The number of hydrogen-bond donors (Lipinski definition) is 5. The third-order valence-electron chi connectivity index (χ3n) is 6.80. The molecule has 1 aliphatic heterocycles. The first kappa shape index (κ1) is 43.7. The van der Waals surface area contributed by atoms with Gasteiger partial charge in [-0.2, -0.15) is 0 Å². The number of nitrogens with zero attached hydrogens (tertiary/aromatic N) is 2. The normalized spacial score (nSPS) is 13.3. The van der Waals surface area contributed by atoms with E-state index in [9.17, 15) is 14.7 Å². The largest absolute Gasteiger partial charge is 0.444 e. The number of fused-ring (bicyclic) bond motifs is 1. The van der Waals surface area contributed by atoms with Gasteiger partial charge in [0.1, 0.15) is 18.4 Å². The Balaban J connectivity index is 0.00000246. The molecule has 2 amide bonds. The van der Waals surface area contributed by atoms with E-state index >= 15 is 0 Å². The van der Waals surface area contributed by atoms with Crippen molar-refractivity contribution in [3.63, 3.8) is 0 Å². The van der Waals surface area contributed by atoms with Crippen LogP contribution in [-0.2, 0) is 27.2 Å². The average Bonchev–Trinajstić information content (AvgIpc) is 3.67. The van der Waals surface area contributed by atoms with Gasteiger partial charge in [0.25, 0.3) is 5.91 Å². The lowest BCUT2D eigenvalue weighted by Gasteiger charge is -2.31. The van der Waals surface area contributed by atoms with Crippen LogP contribution in [0.4, 0.5) is 4.79 Å². The highest BCUT2D eigenvalue weighted by molar-refractivity contribution is 7.10. The Morgan fingerprint density at radius 3 is 2.30 bits per heavy atom. The standard InChI is InChI=1S/C29H41N5O4S.2C2H6.CH4O.CH2O/c1-18-21(15-29(5,6)17-35)20-13-19(9-10-22(20)31-18)24-16-39-25(32-24)14-23(33-27(37)38-28(2,3)4)26(36)34-12-8-7-11-30-34;4*1-2/h9-10,13,16,23,30-31,35H,7-8,11-12,14-15,17H2,1-6H3,(H,33,37);2*1-2H3;2H,1H3;1H2. The van der Waals surface area contributed by atoms with Gasteiger partial charge < -0.3 is 30.0 Å². The number of aliphatic hydroxyl groups is 2. The maximum atomic E-state index is 13.4. The van der Waals surface area contributed by atoms with Gasteiger partial charge in [-0.25, -0.2) is 15.2 Å². The van der Waals surface area contributed by atoms with E-state index in [2.05, 4.69) is 48.6 Å². The summed E-state index contributed by atoms with van der Waals surface area (Å²) >= 11 is 1.47. The molecule has 12 heteroatoms. The summed E-state index contributed by atoms with van der Waals surface area (Å²) in [6.07, 6.45) is 2.32. The van der Waals surface area contributed by atoms with E-state index in [4.69, 9.17) is 19.6 Å². The number of H-pyrrole nitrogens is 1. The summed E-state index contributed by atoms with van der Waals surface area (Å²) in [4.78, 5) is 42.3. The van der Waals surface area contributed by atoms with Crippen molar-refractivity contribution in [2.45, 2.75) is 107 Å². The molecule has 0 aliphatic carbocycles. The van der Waals surface area contributed by atoms with Crippen LogP contribution in [0.2, 0.25) is 0 Å². The highest BCUT2D eigenvalue weighted by atomic mass is 32.1. The van der Waals surface area contributed by atoms with Crippen molar-refractivity contribution in [1.82, 2.24) is 25.7 Å². The van der Waals surface area contributed by atoms with Gasteiger partial charge in [0.15, 0.2) is 0 Å². The van der Waals surface area contributed by atoms with E-state index in [-0.39, 0.29) is 24.3 Å². The van der Waals surface area contributed by atoms with Crippen molar-refractivity contribution < 1.29 is 29.3 Å². The number of aromatic nitrogens is 2. The Bertz CT molecular complexity index is 1340. The summed E-state index contributed by atoms with van der Waals surface area (Å²) in [7, 11) is 1.00. The zero-order valence-electron chi connectivity index (χ0n) is 30.4. The van der Waals surface area contributed by atoms with Gasteiger partial charge in [-0.05, 0) is 70.1 Å². The minimum absolute atomic E-state index is 0.110. The fourth-order valence-corrected chi connectivity index (χ4v) is 5.58. The lowest BCUT2D eigenvalue weighted by molar-refractivity contribution is -0.137. The van der Waals surface area contributed by atoms with Gasteiger partial charge in [-0.15, -0.1) is 11.3 Å². The third-order valence-corrected chi connectivity index (χ3v) is 7.67. The van der Waals surface area contributed by atoms with Crippen LogP contribution in [0.5, 0.6) is 0 Å². The number of thiazole rings is 1. The molecule has 1 saturated heterocycles. The lowest BCUT2D eigenvalue weighted by Crippen LogP contribution is -2.56. The molecule has 1 aromatic carbocycles. The van der Waals surface area contributed by atoms with Crippen LogP contribution in [-0.4, -0.2) is 82.4 Å². The SMILES string of the molecule is C=O.CC.CC.CO.Cc1[nH]c2ccc(-c3csc(CC(NC(=O)OC(C)(C)C)C(=O)N4CCCCN4)n3)cc2c1CC(C)(C)CO.